The Morgan fingerprint density at radius 1 is 0.763 bits per heavy atom. The number of amides is 3. The molecule has 0 saturated heterocycles. The predicted molar refractivity (Wildman–Crippen MR) is 135 cm³/mol. The van der Waals surface area contributed by atoms with Crippen molar-refractivity contribution in [3.8, 4) is 0 Å². The third-order valence-corrected chi connectivity index (χ3v) is 4.94. The number of nitrogens with two attached hydrogens (primary N) is 5. The van der Waals surface area contributed by atoms with Gasteiger partial charge in [0, 0.05) is 13.1 Å². The molecule has 0 heterocycles. The zero-order valence-electron chi connectivity index (χ0n) is 21.0. The van der Waals surface area contributed by atoms with E-state index < -0.39 is 66.4 Å². The number of carbonyl (C=O) groups is 5. The minimum absolute atomic E-state index is 0.0603. The van der Waals surface area contributed by atoms with Gasteiger partial charge in [0.25, 0.3) is 0 Å². The van der Waals surface area contributed by atoms with Gasteiger partial charge < -0.3 is 59.9 Å². The Balaban J connectivity index is 5.55. The number of hydrogen-bond acceptors (Lipinski definition) is 9. The van der Waals surface area contributed by atoms with Crippen LogP contribution in [0.2, 0.25) is 0 Å². The van der Waals surface area contributed by atoms with Crippen molar-refractivity contribution in [2.45, 2.75) is 69.3 Å². The van der Waals surface area contributed by atoms with E-state index in [1.807, 2.05) is 0 Å². The van der Waals surface area contributed by atoms with Crippen molar-refractivity contribution in [1.82, 2.24) is 16.0 Å². The molecule has 216 valence electrons. The van der Waals surface area contributed by atoms with Gasteiger partial charge in [-0.15, -0.1) is 0 Å². The van der Waals surface area contributed by atoms with E-state index in [0.717, 1.165) is 6.92 Å². The second-order valence-corrected chi connectivity index (χ2v) is 8.29. The highest BCUT2D eigenvalue weighted by Gasteiger charge is 2.32. The van der Waals surface area contributed by atoms with Crippen LogP contribution in [0.1, 0.15) is 39.0 Å². The van der Waals surface area contributed by atoms with E-state index >= 15 is 0 Å². The van der Waals surface area contributed by atoms with Crippen LogP contribution in [0.4, 0.5) is 0 Å². The first-order valence-electron chi connectivity index (χ1n) is 11.6. The largest absolute Gasteiger partial charge is 0.481 e. The maximum absolute atomic E-state index is 12.9. The number of hydrogen-bond donors (Lipinski definition) is 11. The molecule has 3 amide bonds. The summed E-state index contributed by atoms with van der Waals surface area (Å²) in [4.78, 5) is 68.3. The maximum Gasteiger partial charge on any atom is 0.328 e. The minimum Gasteiger partial charge on any atom is -0.481 e. The fraction of sp³-hybridized carbons (Fsp3) is 0.650. The van der Waals surface area contributed by atoms with E-state index in [-0.39, 0.29) is 44.3 Å². The monoisotopic (exact) mass is 546 g/mol. The lowest BCUT2D eigenvalue weighted by molar-refractivity contribution is -0.145. The van der Waals surface area contributed by atoms with Crippen LogP contribution in [0.15, 0.2) is 9.98 Å². The molecule has 0 aliphatic rings. The van der Waals surface area contributed by atoms with Gasteiger partial charge in [-0.05, 0) is 32.6 Å². The SMILES string of the molecule is CC(O)C(NC(=O)C(CCCN=C(N)N)NC(=O)C(CC(=O)O)NC(=O)C(N)CCCN=C(N)N)C(=O)O. The van der Waals surface area contributed by atoms with Gasteiger partial charge in [0.1, 0.15) is 12.1 Å². The third-order valence-electron chi connectivity index (χ3n) is 4.94. The highest BCUT2D eigenvalue weighted by molar-refractivity contribution is 5.95. The number of aliphatic carboxylic acids is 2. The van der Waals surface area contributed by atoms with Gasteiger partial charge in [-0.2, -0.15) is 0 Å². The number of carboxylic acids is 2. The number of guanidine groups is 2. The molecule has 5 atom stereocenters. The summed E-state index contributed by atoms with van der Waals surface area (Å²) in [5.74, 6) is -6.16. The lowest BCUT2D eigenvalue weighted by Crippen LogP contribution is -2.58. The van der Waals surface area contributed by atoms with Crippen molar-refractivity contribution in [3.63, 3.8) is 0 Å². The van der Waals surface area contributed by atoms with Crippen molar-refractivity contribution >= 4 is 41.6 Å². The van der Waals surface area contributed by atoms with Crippen LogP contribution in [0, 0.1) is 0 Å². The molecular weight excluding hydrogens is 508 g/mol. The first-order valence-corrected chi connectivity index (χ1v) is 11.6. The molecule has 0 bridgehead atoms. The smallest absolute Gasteiger partial charge is 0.328 e. The molecule has 5 unspecified atom stereocenters. The van der Waals surface area contributed by atoms with Gasteiger partial charge in [0.15, 0.2) is 18.0 Å². The number of rotatable bonds is 18. The number of aliphatic hydroxyl groups is 1. The first-order chi connectivity index (χ1) is 17.6. The van der Waals surface area contributed by atoms with Gasteiger partial charge in [-0.1, -0.05) is 0 Å². The standard InChI is InChI=1S/C20H38N10O8/c1-9(31)14(18(37)38)30-16(35)11(5-3-7-27-20(24)25)28-17(36)12(8-13(32)33)29-15(34)10(21)4-2-6-26-19(22)23/h9-12,14,31H,2-8,21H2,1H3,(H,28,36)(H,29,34)(H,30,35)(H,32,33)(H,37,38)(H4,22,23,26)(H4,24,25,27). The summed E-state index contributed by atoms with van der Waals surface area (Å²) in [6.45, 7) is 1.40. The van der Waals surface area contributed by atoms with Crippen LogP contribution in [-0.4, -0.2) is 100 Å². The van der Waals surface area contributed by atoms with Crippen molar-refractivity contribution in [3.05, 3.63) is 0 Å². The van der Waals surface area contributed by atoms with Crippen LogP contribution < -0.4 is 44.6 Å². The Hall–Kier alpha value is -4.19. The third kappa shape index (κ3) is 14.4. The second kappa shape index (κ2) is 17.3. The normalized spacial score (nSPS) is 14.5. The highest BCUT2D eigenvalue weighted by Crippen LogP contribution is 2.05. The summed E-state index contributed by atoms with van der Waals surface area (Å²) in [6.07, 6.45) is -1.81. The van der Waals surface area contributed by atoms with E-state index in [4.69, 9.17) is 28.7 Å². The van der Waals surface area contributed by atoms with Gasteiger partial charge in [0.05, 0.1) is 18.6 Å². The number of aliphatic imine (C=N–C) groups is 2. The minimum atomic E-state index is -1.69. The molecule has 18 heteroatoms. The van der Waals surface area contributed by atoms with Gasteiger partial charge in [0.2, 0.25) is 17.7 Å². The van der Waals surface area contributed by atoms with Gasteiger partial charge in [-0.25, -0.2) is 4.79 Å². The quantitative estimate of drug-likeness (QED) is 0.0435. The van der Waals surface area contributed by atoms with Gasteiger partial charge >= 0.3 is 11.9 Å². The molecule has 0 aromatic heterocycles. The molecule has 16 N–H and O–H groups in total. The van der Waals surface area contributed by atoms with E-state index in [1.54, 1.807) is 0 Å². The van der Waals surface area contributed by atoms with E-state index in [2.05, 4.69) is 25.9 Å². The van der Waals surface area contributed by atoms with Crippen molar-refractivity contribution in [1.29, 1.82) is 0 Å². The summed E-state index contributed by atoms with van der Waals surface area (Å²) >= 11 is 0. The average molecular weight is 547 g/mol. The molecule has 0 aliphatic carbocycles. The molecule has 38 heavy (non-hydrogen) atoms. The summed E-state index contributed by atoms with van der Waals surface area (Å²) in [5.41, 5.74) is 26.7. The van der Waals surface area contributed by atoms with Crippen molar-refractivity contribution < 1.29 is 39.3 Å². The van der Waals surface area contributed by atoms with Crippen LogP contribution in [0.5, 0.6) is 0 Å². The number of carbonyl (C=O) groups excluding carboxylic acids is 3. The highest BCUT2D eigenvalue weighted by atomic mass is 16.4. The average Bonchev–Trinajstić information content (AvgIpc) is 2.80. The van der Waals surface area contributed by atoms with E-state index in [1.165, 1.54) is 0 Å². The molecule has 0 aromatic carbocycles. The number of nitrogens with one attached hydrogen (secondary N) is 3. The lowest BCUT2D eigenvalue weighted by atomic mass is 10.1. The summed E-state index contributed by atoms with van der Waals surface area (Å²) in [5, 5.41) is 34.7. The Morgan fingerprint density at radius 2 is 1.24 bits per heavy atom. The number of nitrogens with zero attached hydrogens (tertiary/aromatic N) is 2. The van der Waals surface area contributed by atoms with Crippen molar-refractivity contribution in [2.75, 3.05) is 13.1 Å². The molecule has 0 fully saturated rings. The molecule has 0 radical (unpaired) electrons. The van der Waals surface area contributed by atoms with E-state index in [9.17, 15) is 39.3 Å². The number of carboxylic acid groups (broad SMARTS) is 2. The summed E-state index contributed by atoms with van der Waals surface area (Å²) in [7, 11) is 0. The molecular formula is C20H38N10O8. The Labute approximate surface area is 218 Å². The van der Waals surface area contributed by atoms with Crippen LogP contribution in [0.25, 0.3) is 0 Å². The second-order valence-electron chi connectivity index (χ2n) is 8.29. The van der Waals surface area contributed by atoms with Crippen LogP contribution in [-0.2, 0) is 24.0 Å². The zero-order valence-corrected chi connectivity index (χ0v) is 21.0. The Bertz CT molecular complexity index is 887. The maximum atomic E-state index is 12.9. The number of aliphatic hydroxyl groups excluding tert-OH is 1. The van der Waals surface area contributed by atoms with Crippen LogP contribution >= 0.6 is 0 Å². The molecule has 18 nitrogen and oxygen atoms in total. The molecule has 0 spiro atoms. The summed E-state index contributed by atoms with van der Waals surface area (Å²) < 4.78 is 0. The first kappa shape index (κ1) is 33.8. The predicted octanol–water partition coefficient (Wildman–Crippen LogP) is -5.18. The van der Waals surface area contributed by atoms with Crippen LogP contribution in [0.3, 0.4) is 0 Å². The molecule has 0 saturated carbocycles. The Kier molecular flexibility index (Phi) is 15.4. The fourth-order valence-corrected chi connectivity index (χ4v) is 3.00. The molecule has 0 aliphatic heterocycles. The zero-order chi connectivity index (χ0) is 29.4. The lowest BCUT2D eigenvalue weighted by Gasteiger charge is -2.25. The topological polar surface area (TPSA) is 337 Å². The summed E-state index contributed by atoms with van der Waals surface area (Å²) in [6, 6.07) is -5.82. The van der Waals surface area contributed by atoms with E-state index in [0.29, 0.717) is 6.42 Å². The molecule has 0 rings (SSSR count). The van der Waals surface area contributed by atoms with Crippen molar-refractivity contribution in [2.24, 2.45) is 38.7 Å². The fourth-order valence-electron chi connectivity index (χ4n) is 3.00. The van der Waals surface area contributed by atoms with Gasteiger partial charge in [-0.3, -0.25) is 29.2 Å². The Morgan fingerprint density at radius 3 is 1.68 bits per heavy atom. The molecule has 0 aromatic rings.